The third-order valence-electron chi connectivity index (χ3n) is 5.30. The van der Waals surface area contributed by atoms with Gasteiger partial charge in [0.05, 0.1) is 12.7 Å². The highest BCUT2D eigenvalue weighted by molar-refractivity contribution is 5.87. The molecule has 2 heterocycles. The quantitative estimate of drug-likeness (QED) is 0.793. The average Bonchev–Trinajstić information content (AvgIpc) is 3.04. The van der Waals surface area contributed by atoms with Crippen molar-refractivity contribution in [1.82, 2.24) is 9.47 Å². The molecule has 2 aromatic rings. The van der Waals surface area contributed by atoms with E-state index < -0.39 is 0 Å². The van der Waals surface area contributed by atoms with Crippen molar-refractivity contribution in [3.05, 3.63) is 34.5 Å². The molecule has 1 atom stereocenters. The Kier molecular flexibility index (Phi) is 5.28. The first-order valence-corrected chi connectivity index (χ1v) is 9.09. The van der Waals surface area contributed by atoms with Gasteiger partial charge in [-0.3, -0.25) is 4.90 Å². The number of fused-ring (bicyclic) bond motifs is 2. The van der Waals surface area contributed by atoms with Gasteiger partial charge in [0.25, 0.3) is 0 Å². The van der Waals surface area contributed by atoms with E-state index in [0.29, 0.717) is 0 Å². The molecule has 0 spiro atoms. The molecule has 0 fully saturated rings. The van der Waals surface area contributed by atoms with E-state index in [9.17, 15) is 5.11 Å². The molecule has 3 rings (SSSR count). The first kappa shape index (κ1) is 17.5. The number of ether oxygens (including phenoxy) is 1. The molecule has 1 aliphatic rings. The minimum atomic E-state index is -0.247. The summed E-state index contributed by atoms with van der Waals surface area (Å²) in [5, 5.41) is 11.0. The third kappa shape index (κ3) is 3.37. The van der Waals surface area contributed by atoms with Crippen molar-refractivity contribution in [2.45, 2.75) is 52.8 Å². The van der Waals surface area contributed by atoms with Crippen LogP contribution in [0.25, 0.3) is 10.9 Å². The van der Waals surface area contributed by atoms with E-state index in [1.165, 1.54) is 33.3 Å². The first-order chi connectivity index (χ1) is 11.5. The Balaban J connectivity index is 1.87. The number of rotatable bonds is 7. The Morgan fingerprint density at radius 3 is 2.62 bits per heavy atom. The molecule has 132 valence electrons. The van der Waals surface area contributed by atoms with Gasteiger partial charge >= 0.3 is 0 Å². The van der Waals surface area contributed by atoms with Crippen LogP contribution in [0.5, 0.6) is 0 Å². The summed E-state index contributed by atoms with van der Waals surface area (Å²) in [5.74, 6) is 0. The summed E-state index contributed by atoms with van der Waals surface area (Å²) in [7, 11) is 2.15. The Bertz CT molecular complexity index is 718. The van der Waals surface area contributed by atoms with Crippen LogP contribution in [0.1, 0.15) is 42.7 Å². The molecule has 1 unspecified atom stereocenters. The minimum Gasteiger partial charge on any atom is -0.393 e. The van der Waals surface area contributed by atoms with Crippen molar-refractivity contribution in [2.75, 3.05) is 19.8 Å². The van der Waals surface area contributed by atoms with Gasteiger partial charge in [0.15, 0.2) is 0 Å². The summed E-state index contributed by atoms with van der Waals surface area (Å²) in [4.78, 5) is 2.46. The summed E-state index contributed by atoms with van der Waals surface area (Å²) < 4.78 is 7.80. The molecule has 4 heteroatoms. The number of hydrogen-bond donors (Lipinski definition) is 1. The van der Waals surface area contributed by atoms with E-state index in [-0.39, 0.29) is 6.10 Å². The van der Waals surface area contributed by atoms with E-state index in [0.717, 1.165) is 45.7 Å². The second-order valence-electron chi connectivity index (χ2n) is 7.06. The number of benzene rings is 1. The lowest BCUT2D eigenvalue weighted by atomic mass is 10.0. The smallest absolute Gasteiger partial charge is 0.0593 e. The van der Waals surface area contributed by atoms with Crippen molar-refractivity contribution in [1.29, 1.82) is 0 Å². The molecule has 0 radical (unpaired) electrons. The summed E-state index contributed by atoms with van der Waals surface area (Å²) in [6, 6.07) is 4.75. The topological polar surface area (TPSA) is 37.6 Å². The van der Waals surface area contributed by atoms with E-state index in [4.69, 9.17) is 4.74 Å². The van der Waals surface area contributed by atoms with Gasteiger partial charge < -0.3 is 14.4 Å². The molecule has 0 saturated heterocycles. The largest absolute Gasteiger partial charge is 0.393 e. The van der Waals surface area contributed by atoms with Gasteiger partial charge in [-0.1, -0.05) is 0 Å². The van der Waals surface area contributed by atoms with E-state index >= 15 is 0 Å². The maximum atomic E-state index is 9.65. The molecule has 0 saturated carbocycles. The van der Waals surface area contributed by atoms with Gasteiger partial charge in [-0.05, 0) is 62.4 Å². The van der Waals surface area contributed by atoms with E-state index in [2.05, 4.69) is 35.6 Å². The van der Waals surface area contributed by atoms with Crippen LogP contribution >= 0.6 is 0 Å². The van der Waals surface area contributed by atoms with Crippen LogP contribution in [0, 0.1) is 6.92 Å². The summed E-state index contributed by atoms with van der Waals surface area (Å²) in [6.45, 7) is 10.7. The molecule has 0 amide bonds. The number of aliphatic hydroxyl groups excluding tert-OH is 1. The van der Waals surface area contributed by atoms with Crippen LogP contribution in [0.15, 0.2) is 12.1 Å². The van der Waals surface area contributed by atoms with Crippen LogP contribution in [0.4, 0.5) is 0 Å². The number of aliphatic hydroxyl groups is 1. The summed E-state index contributed by atoms with van der Waals surface area (Å²) in [6.07, 6.45) is 1.51. The van der Waals surface area contributed by atoms with Crippen molar-refractivity contribution in [3.8, 4) is 0 Å². The SMILES string of the molecule is CCOCCN1Cc2cc3c(CCC(C)O)c(C)n(C)c3cc2C1. The van der Waals surface area contributed by atoms with Gasteiger partial charge in [-0.25, -0.2) is 0 Å². The molecule has 0 aliphatic carbocycles. The molecule has 0 bridgehead atoms. The van der Waals surface area contributed by atoms with Gasteiger partial charge in [0, 0.05) is 49.9 Å². The van der Waals surface area contributed by atoms with Gasteiger partial charge in [0.1, 0.15) is 0 Å². The average molecular weight is 330 g/mol. The minimum absolute atomic E-state index is 0.247. The Hall–Kier alpha value is -1.36. The summed E-state index contributed by atoms with van der Waals surface area (Å²) in [5.41, 5.74) is 6.93. The molecular formula is C20H30N2O2. The van der Waals surface area contributed by atoms with Crippen molar-refractivity contribution in [3.63, 3.8) is 0 Å². The Morgan fingerprint density at radius 2 is 1.96 bits per heavy atom. The number of nitrogens with zero attached hydrogens (tertiary/aromatic N) is 2. The first-order valence-electron chi connectivity index (χ1n) is 9.09. The van der Waals surface area contributed by atoms with Crippen LogP contribution in [-0.2, 0) is 31.3 Å². The maximum absolute atomic E-state index is 9.65. The van der Waals surface area contributed by atoms with Crippen LogP contribution < -0.4 is 0 Å². The molecule has 1 aromatic heterocycles. The standard InChI is InChI=1S/C20H30N2O2/c1-5-24-9-8-22-12-16-10-19-18(7-6-14(2)23)15(3)21(4)20(19)11-17(16)13-22/h10-11,14,23H,5-9,12-13H2,1-4H3. The monoisotopic (exact) mass is 330 g/mol. The van der Waals surface area contributed by atoms with E-state index in [1.807, 2.05) is 13.8 Å². The molecule has 4 nitrogen and oxygen atoms in total. The van der Waals surface area contributed by atoms with Crippen LogP contribution in [-0.4, -0.2) is 40.4 Å². The lowest BCUT2D eigenvalue weighted by Gasteiger charge is -2.13. The lowest BCUT2D eigenvalue weighted by molar-refractivity contribution is 0.113. The zero-order valence-electron chi connectivity index (χ0n) is 15.4. The lowest BCUT2D eigenvalue weighted by Crippen LogP contribution is -2.21. The normalized spacial score (nSPS) is 16.0. The predicted octanol–water partition coefficient (Wildman–Crippen LogP) is 3.15. The van der Waals surface area contributed by atoms with Gasteiger partial charge in [-0.2, -0.15) is 0 Å². The zero-order valence-corrected chi connectivity index (χ0v) is 15.4. The van der Waals surface area contributed by atoms with Crippen molar-refractivity contribution >= 4 is 10.9 Å². The third-order valence-corrected chi connectivity index (χ3v) is 5.30. The second-order valence-corrected chi connectivity index (χ2v) is 7.06. The summed E-state index contributed by atoms with van der Waals surface area (Å²) >= 11 is 0. The van der Waals surface area contributed by atoms with Crippen molar-refractivity contribution < 1.29 is 9.84 Å². The number of hydrogen-bond acceptors (Lipinski definition) is 3. The molecule has 1 aliphatic heterocycles. The van der Waals surface area contributed by atoms with Gasteiger partial charge in [0.2, 0.25) is 0 Å². The van der Waals surface area contributed by atoms with Crippen LogP contribution in [0.2, 0.25) is 0 Å². The van der Waals surface area contributed by atoms with E-state index in [1.54, 1.807) is 0 Å². The van der Waals surface area contributed by atoms with Gasteiger partial charge in [-0.15, -0.1) is 0 Å². The molecular weight excluding hydrogens is 300 g/mol. The molecule has 1 aromatic carbocycles. The molecule has 24 heavy (non-hydrogen) atoms. The van der Waals surface area contributed by atoms with Crippen molar-refractivity contribution in [2.24, 2.45) is 7.05 Å². The fourth-order valence-electron chi connectivity index (χ4n) is 3.77. The van der Waals surface area contributed by atoms with Crippen LogP contribution in [0.3, 0.4) is 0 Å². The Labute approximate surface area is 145 Å². The fraction of sp³-hybridized carbons (Fsp3) is 0.600. The predicted molar refractivity (Wildman–Crippen MR) is 98.3 cm³/mol. The Morgan fingerprint density at radius 1 is 1.25 bits per heavy atom. The highest BCUT2D eigenvalue weighted by Gasteiger charge is 2.22. The zero-order chi connectivity index (χ0) is 17.3. The molecule has 1 N–H and O–H groups in total. The second kappa shape index (κ2) is 7.26. The highest BCUT2D eigenvalue weighted by atomic mass is 16.5. The number of aryl methyl sites for hydroxylation is 2. The number of aromatic nitrogens is 1. The fourth-order valence-corrected chi connectivity index (χ4v) is 3.77. The highest BCUT2D eigenvalue weighted by Crippen LogP contribution is 2.33. The maximum Gasteiger partial charge on any atom is 0.0593 e.